The summed E-state index contributed by atoms with van der Waals surface area (Å²) in [5.74, 6) is -0.143. The molecule has 0 atom stereocenters. The maximum absolute atomic E-state index is 11.7. The number of hydrogen-bond acceptors (Lipinski definition) is 4. The number of ether oxygens (including phenoxy) is 1. The van der Waals surface area contributed by atoms with E-state index in [0.29, 0.717) is 25.5 Å². The summed E-state index contributed by atoms with van der Waals surface area (Å²) in [6, 6.07) is 1.48. The molecule has 0 saturated heterocycles. The quantitative estimate of drug-likeness (QED) is 0.758. The van der Waals surface area contributed by atoms with Crippen LogP contribution in [0.3, 0.4) is 0 Å². The summed E-state index contributed by atoms with van der Waals surface area (Å²) in [6.45, 7) is 6.53. The summed E-state index contributed by atoms with van der Waals surface area (Å²) in [5.41, 5.74) is 1.23. The second-order valence-electron chi connectivity index (χ2n) is 4.89. The van der Waals surface area contributed by atoms with Gasteiger partial charge in [-0.05, 0) is 34.4 Å². The Morgan fingerprint density at radius 3 is 2.68 bits per heavy atom. The fourth-order valence-electron chi connectivity index (χ4n) is 2.06. The minimum atomic E-state index is -0.310. The van der Waals surface area contributed by atoms with Gasteiger partial charge >= 0.3 is 0 Å². The zero-order valence-electron chi connectivity index (χ0n) is 12.3. The molecule has 0 amide bonds. The SMILES string of the molecule is CCOCCCn1c(C)cc(=O)c(O)c1CN(C)C. The van der Waals surface area contributed by atoms with Crippen LogP contribution in [0.15, 0.2) is 10.9 Å². The Morgan fingerprint density at radius 1 is 1.42 bits per heavy atom. The van der Waals surface area contributed by atoms with Gasteiger partial charge in [0.15, 0.2) is 5.75 Å². The van der Waals surface area contributed by atoms with Crippen LogP contribution in [-0.2, 0) is 17.8 Å². The molecule has 1 aromatic rings. The van der Waals surface area contributed by atoms with Crippen LogP contribution in [0.1, 0.15) is 24.7 Å². The highest BCUT2D eigenvalue weighted by atomic mass is 16.5. The molecule has 0 aliphatic carbocycles. The van der Waals surface area contributed by atoms with Crippen LogP contribution in [0.5, 0.6) is 5.75 Å². The molecule has 5 heteroatoms. The van der Waals surface area contributed by atoms with Gasteiger partial charge in [-0.3, -0.25) is 4.79 Å². The van der Waals surface area contributed by atoms with Crippen molar-refractivity contribution in [3.63, 3.8) is 0 Å². The van der Waals surface area contributed by atoms with Gasteiger partial charge in [0.25, 0.3) is 0 Å². The number of rotatable bonds is 7. The zero-order valence-corrected chi connectivity index (χ0v) is 12.3. The van der Waals surface area contributed by atoms with Gasteiger partial charge in [0, 0.05) is 38.1 Å². The summed E-state index contributed by atoms with van der Waals surface area (Å²) in [7, 11) is 3.83. The topological polar surface area (TPSA) is 54.7 Å². The summed E-state index contributed by atoms with van der Waals surface area (Å²) in [6.07, 6.45) is 0.859. The molecule has 0 fully saturated rings. The minimum absolute atomic E-state index is 0.143. The third-order valence-corrected chi connectivity index (χ3v) is 2.94. The van der Waals surface area contributed by atoms with Crippen molar-refractivity contribution in [2.24, 2.45) is 0 Å². The molecule has 0 aliphatic heterocycles. The van der Waals surface area contributed by atoms with Crippen LogP contribution in [0.25, 0.3) is 0 Å². The summed E-state index contributed by atoms with van der Waals surface area (Å²) in [5, 5.41) is 9.96. The standard InChI is InChI=1S/C14H24N2O3/c1-5-19-8-6-7-16-11(2)9-13(17)14(18)12(16)10-15(3)4/h9,18H,5-8,10H2,1-4H3. The first-order valence-corrected chi connectivity index (χ1v) is 6.62. The number of aromatic hydroxyl groups is 1. The Hall–Kier alpha value is -1.33. The molecule has 0 unspecified atom stereocenters. The lowest BCUT2D eigenvalue weighted by atomic mass is 10.2. The van der Waals surface area contributed by atoms with E-state index in [9.17, 15) is 9.90 Å². The first kappa shape index (κ1) is 15.7. The van der Waals surface area contributed by atoms with Crippen molar-refractivity contribution in [1.29, 1.82) is 0 Å². The molecule has 0 aliphatic rings. The largest absolute Gasteiger partial charge is 0.503 e. The monoisotopic (exact) mass is 268 g/mol. The van der Waals surface area contributed by atoms with Crippen molar-refractivity contribution < 1.29 is 9.84 Å². The molecule has 1 heterocycles. The fraction of sp³-hybridized carbons (Fsp3) is 0.643. The van der Waals surface area contributed by atoms with Gasteiger partial charge < -0.3 is 19.3 Å². The molecule has 0 saturated carbocycles. The smallest absolute Gasteiger partial charge is 0.223 e. The molecule has 1 N–H and O–H groups in total. The lowest BCUT2D eigenvalue weighted by Crippen LogP contribution is -2.22. The van der Waals surface area contributed by atoms with Gasteiger partial charge in [0.2, 0.25) is 5.43 Å². The van der Waals surface area contributed by atoms with Crippen molar-refractivity contribution in [2.45, 2.75) is 33.4 Å². The molecule has 19 heavy (non-hydrogen) atoms. The first-order chi connectivity index (χ1) is 8.97. The Balaban J connectivity index is 2.99. The second-order valence-corrected chi connectivity index (χ2v) is 4.89. The molecule has 0 spiro atoms. The Morgan fingerprint density at radius 2 is 2.11 bits per heavy atom. The number of aryl methyl sites for hydroxylation is 1. The molecule has 0 radical (unpaired) electrons. The molecule has 5 nitrogen and oxygen atoms in total. The van der Waals surface area contributed by atoms with E-state index in [1.165, 1.54) is 6.07 Å². The Kier molecular flexibility index (Phi) is 6.05. The van der Waals surface area contributed by atoms with Crippen molar-refractivity contribution in [3.8, 4) is 5.75 Å². The number of hydrogen-bond donors (Lipinski definition) is 1. The van der Waals surface area contributed by atoms with E-state index in [2.05, 4.69) is 0 Å². The van der Waals surface area contributed by atoms with Crippen LogP contribution >= 0.6 is 0 Å². The molecular formula is C14H24N2O3. The average Bonchev–Trinajstić information content (AvgIpc) is 2.33. The number of aromatic nitrogens is 1. The predicted molar refractivity (Wildman–Crippen MR) is 75.6 cm³/mol. The molecule has 1 aromatic heterocycles. The highest BCUT2D eigenvalue weighted by Gasteiger charge is 2.13. The van der Waals surface area contributed by atoms with Crippen molar-refractivity contribution >= 4 is 0 Å². The lowest BCUT2D eigenvalue weighted by molar-refractivity contribution is 0.141. The van der Waals surface area contributed by atoms with Gasteiger partial charge in [-0.2, -0.15) is 0 Å². The van der Waals surface area contributed by atoms with Crippen LogP contribution in [0.2, 0.25) is 0 Å². The maximum Gasteiger partial charge on any atom is 0.223 e. The van der Waals surface area contributed by atoms with Crippen molar-refractivity contribution in [1.82, 2.24) is 9.47 Å². The Bertz CT molecular complexity index is 466. The first-order valence-electron chi connectivity index (χ1n) is 6.62. The van der Waals surface area contributed by atoms with E-state index in [4.69, 9.17) is 4.74 Å². The van der Waals surface area contributed by atoms with Gasteiger partial charge in [0.05, 0.1) is 5.69 Å². The van der Waals surface area contributed by atoms with E-state index >= 15 is 0 Å². The summed E-state index contributed by atoms with van der Waals surface area (Å²) < 4.78 is 7.32. The van der Waals surface area contributed by atoms with Crippen molar-refractivity contribution in [2.75, 3.05) is 27.3 Å². The zero-order chi connectivity index (χ0) is 14.4. The van der Waals surface area contributed by atoms with Gasteiger partial charge in [-0.25, -0.2) is 0 Å². The van der Waals surface area contributed by atoms with Gasteiger partial charge in [-0.15, -0.1) is 0 Å². The molecule has 108 valence electrons. The highest BCUT2D eigenvalue weighted by molar-refractivity contribution is 5.29. The summed E-state index contributed by atoms with van der Waals surface area (Å²) >= 11 is 0. The van der Waals surface area contributed by atoms with E-state index < -0.39 is 0 Å². The average molecular weight is 268 g/mol. The third kappa shape index (κ3) is 4.36. The van der Waals surface area contributed by atoms with E-state index in [1.54, 1.807) is 0 Å². The number of pyridine rings is 1. The molecular weight excluding hydrogens is 244 g/mol. The molecule has 0 bridgehead atoms. The maximum atomic E-state index is 11.7. The van der Waals surface area contributed by atoms with E-state index in [-0.39, 0.29) is 11.2 Å². The van der Waals surface area contributed by atoms with E-state index in [0.717, 1.165) is 18.7 Å². The molecule has 1 rings (SSSR count). The predicted octanol–water partition coefficient (Wildman–Crippen LogP) is 1.35. The van der Waals surface area contributed by atoms with Crippen molar-refractivity contribution in [3.05, 3.63) is 27.7 Å². The van der Waals surface area contributed by atoms with Crippen LogP contribution in [-0.4, -0.2) is 41.9 Å². The second kappa shape index (κ2) is 7.31. The normalized spacial score (nSPS) is 11.2. The van der Waals surface area contributed by atoms with Crippen LogP contribution in [0, 0.1) is 6.92 Å². The fourth-order valence-corrected chi connectivity index (χ4v) is 2.06. The summed E-state index contributed by atoms with van der Waals surface area (Å²) in [4.78, 5) is 13.6. The Labute approximate surface area is 114 Å². The number of nitrogens with zero attached hydrogens (tertiary/aromatic N) is 2. The lowest BCUT2D eigenvalue weighted by Gasteiger charge is -2.20. The molecule has 0 aromatic carbocycles. The van der Waals surface area contributed by atoms with Gasteiger partial charge in [-0.1, -0.05) is 0 Å². The highest BCUT2D eigenvalue weighted by Crippen LogP contribution is 2.16. The van der Waals surface area contributed by atoms with E-state index in [1.807, 2.05) is 37.4 Å². The van der Waals surface area contributed by atoms with Crippen LogP contribution in [0.4, 0.5) is 0 Å². The van der Waals surface area contributed by atoms with Crippen LogP contribution < -0.4 is 5.43 Å². The van der Waals surface area contributed by atoms with Gasteiger partial charge in [0.1, 0.15) is 0 Å². The minimum Gasteiger partial charge on any atom is -0.503 e. The third-order valence-electron chi connectivity index (χ3n) is 2.94.